The van der Waals surface area contributed by atoms with Gasteiger partial charge >= 0.3 is 0 Å². The first kappa shape index (κ1) is 19.5. The molecule has 1 N–H and O–H groups in total. The van der Waals surface area contributed by atoms with E-state index in [0.29, 0.717) is 17.1 Å². The van der Waals surface area contributed by atoms with Crippen LogP contribution >= 0.6 is 15.9 Å². The van der Waals surface area contributed by atoms with Gasteiger partial charge in [-0.2, -0.15) is 5.26 Å². The van der Waals surface area contributed by atoms with Crippen molar-refractivity contribution in [2.75, 3.05) is 5.32 Å². The summed E-state index contributed by atoms with van der Waals surface area (Å²) in [6, 6.07) is 18.6. The Labute approximate surface area is 179 Å². The fourth-order valence-electron chi connectivity index (χ4n) is 3.73. The van der Waals surface area contributed by atoms with Crippen molar-refractivity contribution in [2.45, 2.75) is 33.6 Å². The summed E-state index contributed by atoms with van der Waals surface area (Å²) in [7, 11) is 0. The Hall–Kier alpha value is -2.84. The van der Waals surface area contributed by atoms with Crippen molar-refractivity contribution in [3.8, 4) is 6.07 Å². The molecule has 0 saturated carbocycles. The van der Waals surface area contributed by atoms with E-state index in [1.807, 2.05) is 37.3 Å². The first-order chi connectivity index (χ1) is 14.0. The van der Waals surface area contributed by atoms with Gasteiger partial charge in [0.1, 0.15) is 11.9 Å². The molecule has 0 amide bonds. The lowest BCUT2D eigenvalue weighted by Crippen LogP contribution is -2.09. The standard InChI is InChI=1S/C24H23BrN4/c1-15(2)8-13-19-16(3)20(14-26)24-28-21-6-4-5-7-22(21)29(24)23(19)27-18-11-9-17(25)10-12-18/h4-7,9-12,15,27H,8,13H2,1-3H3. The van der Waals surface area contributed by atoms with Gasteiger partial charge in [-0.05, 0) is 73.2 Å². The second kappa shape index (κ2) is 7.88. The highest BCUT2D eigenvalue weighted by Crippen LogP contribution is 2.34. The third-order valence-electron chi connectivity index (χ3n) is 5.31. The van der Waals surface area contributed by atoms with E-state index < -0.39 is 0 Å². The Morgan fingerprint density at radius 3 is 2.55 bits per heavy atom. The molecule has 29 heavy (non-hydrogen) atoms. The quantitative estimate of drug-likeness (QED) is 0.368. The number of imidazole rings is 1. The van der Waals surface area contributed by atoms with Crippen LogP contribution in [0.3, 0.4) is 0 Å². The second-order valence-electron chi connectivity index (χ2n) is 7.76. The van der Waals surface area contributed by atoms with E-state index in [9.17, 15) is 5.26 Å². The van der Waals surface area contributed by atoms with Crippen LogP contribution in [0.15, 0.2) is 53.0 Å². The van der Waals surface area contributed by atoms with E-state index in [0.717, 1.165) is 45.4 Å². The van der Waals surface area contributed by atoms with Crippen LogP contribution in [0, 0.1) is 24.2 Å². The molecule has 4 aromatic rings. The fourth-order valence-corrected chi connectivity index (χ4v) is 3.99. The third kappa shape index (κ3) is 3.61. The minimum atomic E-state index is 0.579. The van der Waals surface area contributed by atoms with E-state index in [1.54, 1.807) is 0 Å². The first-order valence-electron chi connectivity index (χ1n) is 9.85. The molecule has 2 aromatic carbocycles. The van der Waals surface area contributed by atoms with Crippen molar-refractivity contribution < 1.29 is 0 Å². The van der Waals surface area contributed by atoms with Gasteiger partial charge in [-0.15, -0.1) is 0 Å². The van der Waals surface area contributed by atoms with E-state index >= 15 is 0 Å². The molecule has 2 heterocycles. The molecule has 0 saturated heterocycles. The smallest absolute Gasteiger partial charge is 0.157 e. The summed E-state index contributed by atoms with van der Waals surface area (Å²) in [6.45, 7) is 6.50. The van der Waals surface area contributed by atoms with Crippen molar-refractivity contribution in [3.05, 3.63) is 69.7 Å². The molecule has 4 rings (SSSR count). The van der Waals surface area contributed by atoms with Crippen molar-refractivity contribution in [3.63, 3.8) is 0 Å². The van der Waals surface area contributed by atoms with Crippen LogP contribution in [0.1, 0.15) is 37.0 Å². The van der Waals surface area contributed by atoms with Crippen LogP contribution in [-0.4, -0.2) is 9.38 Å². The monoisotopic (exact) mass is 446 g/mol. The van der Waals surface area contributed by atoms with Crippen molar-refractivity contribution in [1.82, 2.24) is 9.38 Å². The number of pyridine rings is 1. The zero-order valence-corrected chi connectivity index (χ0v) is 18.4. The lowest BCUT2D eigenvalue weighted by atomic mass is 9.96. The highest BCUT2D eigenvalue weighted by molar-refractivity contribution is 9.10. The van der Waals surface area contributed by atoms with E-state index in [4.69, 9.17) is 4.98 Å². The van der Waals surface area contributed by atoms with Crippen LogP contribution in [-0.2, 0) is 6.42 Å². The molecule has 0 fully saturated rings. The maximum atomic E-state index is 9.93. The maximum Gasteiger partial charge on any atom is 0.157 e. The Balaban J connectivity index is 2.03. The molecule has 4 nitrogen and oxygen atoms in total. The number of nitriles is 1. The van der Waals surface area contributed by atoms with Gasteiger partial charge in [0, 0.05) is 10.2 Å². The van der Waals surface area contributed by atoms with Crippen LogP contribution < -0.4 is 5.32 Å². The SMILES string of the molecule is Cc1c(CCC(C)C)c(Nc2ccc(Br)cc2)n2c(nc3ccccc32)c1C#N. The second-order valence-corrected chi connectivity index (χ2v) is 8.68. The summed E-state index contributed by atoms with van der Waals surface area (Å²) in [4.78, 5) is 4.79. The summed E-state index contributed by atoms with van der Waals surface area (Å²) >= 11 is 3.50. The highest BCUT2D eigenvalue weighted by Gasteiger charge is 2.21. The van der Waals surface area contributed by atoms with E-state index in [1.165, 1.54) is 5.56 Å². The van der Waals surface area contributed by atoms with Gasteiger partial charge in [0.05, 0.1) is 16.6 Å². The molecular formula is C24H23BrN4. The number of rotatable bonds is 5. The number of halogens is 1. The Morgan fingerprint density at radius 1 is 1.14 bits per heavy atom. The number of nitrogens with one attached hydrogen (secondary N) is 1. The number of nitrogens with zero attached hydrogens (tertiary/aromatic N) is 3. The topological polar surface area (TPSA) is 53.1 Å². The number of fused-ring (bicyclic) bond motifs is 3. The van der Waals surface area contributed by atoms with Crippen LogP contribution in [0.5, 0.6) is 0 Å². The zero-order valence-electron chi connectivity index (χ0n) is 16.8. The number of hydrogen-bond donors (Lipinski definition) is 1. The molecule has 0 bridgehead atoms. The van der Waals surface area contributed by atoms with Crippen LogP contribution in [0.25, 0.3) is 16.7 Å². The summed E-state index contributed by atoms with van der Waals surface area (Å²) < 4.78 is 3.15. The minimum absolute atomic E-state index is 0.579. The van der Waals surface area contributed by atoms with Gasteiger partial charge in [0.15, 0.2) is 5.65 Å². The van der Waals surface area contributed by atoms with Gasteiger partial charge in [0.25, 0.3) is 0 Å². The number of hydrogen-bond acceptors (Lipinski definition) is 3. The van der Waals surface area contributed by atoms with Gasteiger partial charge in [-0.1, -0.05) is 41.9 Å². The van der Waals surface area contributed by atoms with Crippen molar-refractivity contribution >= 4 is 44.1 Å². The summed E-state index contributed by atoms with van der Waals surface area (Å²) in [5.74, 6) is 1.57. The molecular weight excluding hydrogens is 424 g/mol. The zero-order chi connectivity index (χ0) is 20.5. The predicted octanol–water partition coefficient (Wildman–Crippen LogP) is 6.76. The minimum Gasteiger partial charge on any atom is -0.341 e. The van der Waals surface area contributed by atoms with Gasteiger partial charge < -0.3 is 5.32 Å². The molecule has 0 aliphatic heterocycles. The van der Waals surface area contributed by atoms with E-state index in [-0.39, 0.29) is 0 Å². The summed E-state index contributed by atoms with van der Waals surface area (Å²) in [5, 5.41) is 13.6. The Morgan fingerprint density at radius 2 is 1.86 bits per heavy atom. The van der Waals surface area contributed by atoms with Gasteiger partial charge in [-0.3, -0.25) is 4.40 Å². The lowest BCUT2D eigenvalue weighted by molar-refractivity contribution is 0.585. The normalized spacial score (nSPS) is 11.3. The van der Waals surface area contributed by atoms with Crippen molar-refractivity contribution in [2.24, 2.45) is 5.92 Å². The molecule has 0 aliphatic carbocycles. The summed E-state index contributed by atoms with van der Waals surface area (Å²) in [5.41, 5.74) is 6.44. The summed E-state index contributed by atoms with van der Waals surface area (Å²) in [6.07, 6.45) is 1.96. The molecule has 0 unspecified atom stereocenters. The molecule has 2 aromatic heterocycles. The molecule has 0 aliphatic rings. The van der Waals surface area contributed by atoms with Crippen LogP contribution in [0.4, 0.5) is 11.5 Å². The molecule has 0 spiro atoms. The number of aromatic nitrogens is 2. The first-order valence-corrected chi connectivity index (χ1v) is 10.6. The predicted molar refractivity (Wildman–Crippen MR) is 123 cm³/mol. The number of para-hydroxylation sites is 2. The van der Waals surface area contributed by atoms with Gasteiger partial charge in [-0.25, -0.2) is 4.98 Å². The highest BCUT2D eigenvalue weighted by atomic mass is 79.9. The number of benzene rings is 2. The molecule has 0 atom stereocenters. The van der Waals surface area contributed by atoms with Gasteiger partial charge in [0.2, 0.25) is 0 Å². The molecule has 5 heteroatoms. The fraction of sp³-hybridized carbons (Fsp3) is 0.250. The third-order valence-corrected chi connectivity index (χ3v) is 5.84. The van der Waals surface area contributed by atoms with E-state index in [2.05, 4.69) is 63.8 Å². The number of anilines is 2. The largest absolute Gasteiger partial charge is 0.341 e. The molecule has 0 radical (unpaired) electrons. The maximum absolute atomic E-state index is 9.93. The average molecular weight is 447 g/mol. The average Bonchev–Trinajstić information content (AvgIpc) is 3.08. The Kier molecular flexibility index (Phi) is 5.29. The lowest BCUT2D eigenvalue weighted by Gasteiger charge is -2.19. The van der Waals surface area contributed by atoms with Crippen LogP contribution in [0.2, 0.25) is 0 Å². The van der Waals surface area contributed by atoms with Crippen molar-refractivity contribution in [1.29, 1.82) is 5.26 Å². The Bertz CT molecular complexity index is 1230. The molecule has 146 valence electrons.